The summed E-state index contributed by atoms with van der Waals surface area (Å²) in [6.45, 7) is 4.42. The van der Waals surface area contributed by atoms with Gasteiger partial charge in [0.1, 0.15) is 11.6 Å². The maximum Gasteiger partial charge on any atom is 0.224 e. The van der Waals surface area contributed by atoms with Gasteiger partial charge < -0.3 is 5.32 Å². The van der Waals surface area contributed by atoms with Crippen molar-refractivity contribution in [1.82, 2.24) is 19.9 Å². The molecule has 0 aliphatic rings. The second-order valence-corrected chi connectivity index (χ2v) is 5.75. The molecule has 1 aromatic carbocycles. The Labute approximate surface area is 141 Å². The number of benzene rings is 1. The Morgan fingerprint density at radius 3 is 2.62 bits per heavy atom. The number of hydrogen-bond donors (Lipinski definition) is 1. The van der Waals surface area contributed by atoms with Crippen molar-refractivity contribution in [1.29, 1.82) is 0 Å². The topological polar surface area (TPSA) is 59.8 Å². The summed E-state index contributed by atoms with van der Waals surface area (Å²) in [4.78, 5) is 20.7. The SMILES string of the molecule is Cc1ccccc1CC(=O)NCc1ccc(-n2ccnc2C)nc1. The van der Waals surface area contributed by atoms with Gasteiger partial charge in [-0.3, -0.25) is 9.36 Å². The average Bonchev–Trinajstić information content (AvgIpc) is 3.02. The van der Waals surface area contributed by atoms with Crippen LogP contribution in [0.1, 0.15) is 22.5 Å². The molecule has 0 fully saturated rings. The number of amides is 1. The zero-order valence-electron chi connectivity index (χ0n) is 13.9. The van der Waals surface area contributed by atoms with Crippen molar-refractivity contribution in [3.63, 3.8) is 0 Å². The summed E-state index contributed by atoms with van der Waals surface area (Å²) in [7, 11) is 0. The van der Waals surface area contributed by atoms with Gasteiger partial charge in [-0.15, -0.1) is 0 Å². The molecule has 0 aliphatic carbocycles. The van der Waals surface area contributed by atoms with Gasteiger partial charge in [0.25, 0.3) is 0 Å². The number of carbonyl (C=O) groups is 1. The highest BCUT2D eigenvalue weighted by atomic mass is 16.1. The molecule has 0 unspecified atom stereocenters. The van der Waals surface area contributed by atoms with Gasteiger partial charge in [-0.05, 0) is 36.6 Å². The van der Waals surface area contributed by atoms with E-state index in [1.54, 1.807) is 12.4 Å². The third kappa shape index (κ3) is 3.68. The molecule has 3 aromatic rings. The van der Waals surface area contributed by atoms with Crippen molar-refractivity contribution >= 4 is 5.91 Å². The summed E-state index contributed by atoms with van der Waals surface area (Å²) in [5.41, 5.74) is 3.16. The standard InChI is InChI=1S/C19H20N4O/c1-14-5-3-4-6-17(14)11-19(24)22-13-16-7-8-18(21-12-16)23-10-9-20-15(23)2/h3-10,12H,11,13H2,1-2H3,(H,22,24). The molecule has 2 heterocycles. The van der Waals surface area contributed by atoms with E-state index in [0.29, 0.717) is 13.0 Å². The molecule has 3 rings (SSSR count). The van der Waals surface area contributed by atoms with Crippen molar-refractivity contribution in [3.8, 4) is 5.82 Å². The second kappa shape index (κ2) is 7.08. The minimum Gasteiger partial charge on any atom is -0.352 e. The molecule has 0 bridgehead atoms. The smallest absolute Gasteiger partial charge is 0.224 e. The number of carbonyl (C=O) groups excluding carboxylic acids is 1. The highest BCUT2D eigenvalue weighted by Gasteiger charge is 2.06. The molecule has 122 valence electrons. The zero-order valence-corrected chi connectivity index (χ0v) is 13.9. The van der Waals surface area contributed by atoms with Gasteiger partial charge in [-0.2, -0.15) is 0 Å². The summed E-state index contributed by atoms with van der Waals surface area (Å²) < 4.78 is 1.92. The van der Waals surface area contributed by atoms with Crippen LogP contribution in [0.3, 0.4) is 0 Å². The number of nitrogens with one attached hydrogen (secondary N) is 1. The van der Waals surface area contributed by atoms with Gasteiger partial charge in [0.05, 0.1) is 6.42 Å². The van der Waals surface area contributed by atoms with Crippen LogP contribution in [0.25, 0.3) is 5.82 Å². The summed E-state index contributed by atoms with van der Waals surface area (Å²) in [6, 6.07) is 11.8. The number of pyridine rings is 1. The van der Waals surface area contributed by atoms with Crippen LogP contribution in [-0.2, 0) is 17.8 Å². The Kier molecular flexibility index (Phi) is 4.70. The number of rotatable bonds is 5. The van der Waals surface area contributed by atoms with Gasteiger partial charge in [-0.1, -0.05) is 30.3 Å². The fourth-order valence-corrected chi connectivity index (χ4v) is 2.53. The third-order valence-corrected chi connectivity index (χ3v) is 3.98. The van der Waals surface area contributed by atoms with Crippen LogP contribution in [0, 0.1) is 13.8 Å². The summed E-state index contributed by atoms with van der Waals surface area (Å²) in [5, 5.41) is 2.94. The molecule has 0 aliphatic heterocycles. The highest BCUT2D eigenvalue weighted by molar-refractivity contribution is 5.78. The van der Waals surface area contributed by atoms with E-state index in [-0.39, 0.29) is 5.91 Å². The lowest BCUT2D eigenvalue weighted by molar-refractivity contribution is -0.120. The minimum absolute atomic E-state index is 0.0128. The molecule has 0 saturated heterocycles. The Morgan fingerprint density at radius 1 is 1.12 bits per heavy atom. The van der Waals surface area contributed by atoms with Gasteiger partial charge >= 0.3 is 0 Å². The molecule has 5 nitrogen and oxygen atoms in total. The first-order valence-corrected chi connectivity index (χ1v) is 7.90. The monoisotopic (exact) mass is 320 g/mol. The van der Waals surface area contributed by atoms with Crippen LogP contribution in [0.2, 0.25) is 0 Å². The largest absolute Gasteiger partial charge is 0.352 e. The van der Waals surface area contributed by atoms with E-state index in [9.17, 15) is 4.79 Å². The third-order valence-electron chi connectivity index (χ3n) is 3.98. The minimum atomic E-state index is 0.0128. The molecular weight excluding hydrogens is 300 g/mol. The van der Waals surface area contributed by atoms with Crippen molar-refractivity contribution in [2.24, 2.45) is 0 Å². The molecular formula is C19H20N4O. The lowest BCUT2D eigenvalue weighted by Gasteiger charge is -2.08. The quantitative estimate of drug-likeness (QED) is 0.786. The van der Waals surface area contributed by atoms with Gasteiger partial charge in [0.15, 0.2) is 0 Å². The lowest BCUT2D eigenvalue weighted by Crippen LogP contribution is -2.24. The van der Waals surface area contributed by atoms with E-state index in [1.165, 1.54) is 0 Å². The predicted molar refractivity (Wildman–Crippen MR) is 92.8 cm³/mol. The van der Waals surface area contributed by atoms with E-state index in [0.717, 1.165) is 28.3 Å². The summed E-state index contributed by atoms with van der Waals surface area (Å²) >= 11 is 0. The maximum absolute atomic E-state index is 12.1. The van der Waals surface area contributed by atoms with Crippen LogP contribution in [-0.4, -0.2) is 20.4 Å². The van der Waals surface area contributed by atoms with Crippen LogP contribution in [0.4, 0.5) is 0 Å². The first-order chi connectivity index (χ1) is 11.6. The van der Waals surface area contributed by atoms with E-state index in [1.807, 2.05) is 61.0 Å². The molecule has 0 radical (unpaired) electrons. The number of aryl methyl sites for hydroxylation is 2. The highest BCUT2D eigenvalue weighted by Crippen LogP contribution is 2.09. The molecule has 0 atom stereocenters. The van der Waals surface area contributed by atoms with Crippen molar-refractivity contribution in [3.05, 3.63) is 77.5 Å². The number of aromatic nitrogens is 3. The van der Waals surface area contributed by atoms with Crippen molar-refractivity contribution < 1.29 is 4.79 Å². The predicted octanol–water partition coefficient (Wildman–Crippen LogP) is 2.74. The van der Waals surface area contributed by atoms with E-state index in [2.05, 4.69) is 15.3 Å². The molecule has 2 aromatic heterocycles. The van der Waals surface area contributed by atoms with Gasteiger partial charge in [0.2, 0.25) is 5.91 Å². The van der Waals surface area contributed by atoms with E-state index >= 15 is 0 Å². The van der Waals surface area contributed by atoms with Crippen molar-refractivity contribution in [2.45, 2.75) is 26.8 Å². The first-order valence-electron chi connectivity index (χ1n) is 7.90. The van der Waals surface area contributed by atoms with Crippen LogP contribution >= 0.6 is 0 Å². The number of nitrogens with zero attached hydrogens (tertiary/aromatic N) is 3. The van der Waals surface area contributed by atoms with Crippen molar-refractivity contribution in [2.75, 3.05) is 0 Å². The Hall–Kier alpha value is -2.95. The maximum atomic E-state index is 12.1. The van der Waals surface area contributed by atoms with Crippen LogP contribution < -0.4 is 5.32 Å². The fraction of sp³-hybridized carbons (Fsp3) is 0.211. The molecule has 1 amide bonds. The van der Waals surface area contributed by atoms with E-state index in [4.69, 9.17) is 0 Å². The zero-order chi connectivity index (χ0) is 16.9. The fourth-order valence-electron chi connectivity index (χ4n) is 2.53. The molecule has 5 heteroatoms. The first kappa shape index (κ1) is 15.9. The molecule has 1 N–H and O–H groups in total. The summed E-state index contributed by atoms with van der Waals surface area (Å²) in [5.74, 6) is 1.72. The van der Waals surface area contributed by atoms with Gasteiger partial charge in [0, 0.05) is 25.1 Å². The lowest BCUT2D eigenvalue weighted by atomic mass is 10.1. The Balaban J connectivity index is 1.58. The summed E-state index contributed by atoms with van der Waals surface area (Å²) in [6.07, 6.45) is 5.80. The van der Waals surface area contributed by atoms with Crippen LogP contribution in [0.15, 0.2) is 55.0 Å². The number of imidazole rings is 1. The van der Waals surface area contributed by atoms with Crippen LogP contribution in [0.5, 0.6) is 0 Å². The Bertz CT molecular complexity index is 837. The Morgan fingerprint density at radius 2 is 1.96 bits per heavy atom. The molecule has 24 heavy (non-hydrogen) atoms. The number of hydrogen-bond acceptors (Lipinski definition) is 3. The van der Waals surface area contributed by atoms with E-state index < -0.39 is 0 Å². The molecule has 0 spiro atoms. The van der Waals surface area contributed by atoms with Gasteiger partial charge in [-0.25, -0.2) is 9.97 Å². The second-order valence-electron chi connectivity index (χ2n) is 5.75. The average molecular weight is 320 g/mol. The molecule has 0 saturated carbocycles. The normalized spacial score (nSPS) is 10.6.